The highest BCUT2D eigenvalue weighted by Gasteiger charge is 2.26. The van der Waals surface area contributed by atoms with E-state index < -0.39 is 16.0 Å². The third-order valence-corrected chi connectivity index (χ3v) is 6.65. The van der Waals surface area contributed by atoms with Gasteiger partial charge in [-0.2, -0.15) is 4.31 Å². The van der Waals surface area contributed by atoms with Crippen LogP contribution in [0.2, 0.25) is 5.02 Å². The topological polar surface area (TPSA) is 72.9 Å². The number of halogens is 1. The Labute approximate surface area is 171 Å². The molecule has 0 unspecified atom stereocenters. The van der Waals surface area contributed by atoms with Crippen LogP contribution in [0.4, 0.5) is 0 Å². The molecule has 2 aromatic carbocycles. The zero-order valence-corrected chi connectivity index (χ0v) is 17.7. The molecule has 0 atom stereocenters. The van der Waals surface area contributed by atoms with Crippen molar-refractivity contribution in [1.82, 2.24) is 4.31 Å². The third-order valence-electron chi connectivity index (χ3n) is 4.12. The van der Waals surface area contributed by atoms with Crippen LogP contribution in [0.25, 0.3) is 0 Å². The van der Waals surface area contributed by atoms with Gasteiger partial charge in [-0.3, -0.25) is 0 Å². The first-order valence-electron chi connectivity index (χ1n) is 9.02. The van der Waals surface area contributed by atoms with Gasteiger partial charge in [0.05, 0.1) is 17.2 Å². The van der Waals surface area contributed by atoms with Gasteiger partial charge in [0.2, 0.25) is 10.0 Å². The molecule has 0 radical (unpaired) electrons. The zero-order chi connectivity index (χ0) is 20.7. The minimum atomic E-state index is -3.80. The molecule has 0 bridgehead atoms. The summed E-state index contributed by atoms with van der Waals surface area (Å²) in [7, 11) is -3.80. The molecule has 0 aromatic heterocycles. The lowest BCUT2D eigenvalue weighted by Gasteiger charge is -2.19. The summed E-state index contributed by atoms with van der Waals surface area (Å²) in [6.45, 7) is 6.46. The number of sulfonamides is 1. The smallest absolute Gasteiger partial charge is 0.338 e. The van der Waals surface area contributed by atoms with Gasteiger partial charge in [0.1, 0.15) is 17.3 Å². The summed E-state index contributed by atoms with van der Waals surface area (Å²) in [5.41, 5.74) is 0.840. The molecular weight excluding hydrogens is 402 g/mol. The number of hydrogen-bond donors (Lipinski definition) is 0. The van der Waals surface area contributed by atoms with E-state index in [2.05, 4.69) is 0 Å². The summed E-state index contributed by atoms with van der Waals surface area (Å²) in [5.74, 6) is -0.00216. The van der Waals surface area contributed by atoms with E-state index in [0.717, 1.165) is 5.56 Å². The van der Waals surface area contributed by atoms with Crippen LogP contribution in [0.15, 0.2) is 47.4 Å². The van der Waals surface area contributed by atoms with Gasteiger partial charge < -0.3 is 9.47 Å². The molecule has 2 rings (SSSR count). The fourth-order valence-electron chi connectivity index (χ4n) is 2.68. The van der Waals surface area contributed by atoms with Crippen molar-refractivity contribution in [3.05, 3.63) is 58.6 Å². The van der Waals surface area contributed by atoms with Crippen LogP contribution >= 0.6 is 11.6 Å². The van der Waals surface area contributed by atoms with Gasteiger partial charge in [0, 0.05) is 18.7 Å². The maximum atomic E-state index is 12.8. The van der Waals surface area contributed by atoms with Gasteiger partial charge in [-0.15, -0.1) is 0 Å². The molecule has 28 heavy (non-hydrogen) atoms. The Bertz CT molecular complexity index is 926. The minimum absolute atomic E-state index is 0.00968. The molecule has 0 fully saturated rings. The molecule has 0 amide bonds. The number of benzene rings is 2. The lowest BCUT2D eigenvalue weighted by atomic mass is 10.2. The number of ether oxygens (including phenoxy) is 2. The molecule has 0 spiro atoms. The number of carbonyl (C=O) groups excluding carboxylic acids is 1. The van der Waals surface area contributed by atoms with Crippen molar-refractivity contribution >= 4 is 27.6 Å². The van der Waals surface area contributed by atoms with Gasteiger partial charge in [0.25, 0.3) is 0 Å². The average molecular weight is 426 g/mol. The van der Waals surface area contributed by atoms with E-state index in [9.17, 15) is 13.2 Å². The van der Waals surface area contributed by atoms with Crippen molar-refractivity contribution in [1.29, 1.82) is 0 Å². The number of rotatable bonds is 9. The molecule has 0 aliphatic rings. The lowest BCUT2D eigenvalue weighted by Crippen LogP contribution is -2.31. The van der Waals surface area contributed by atoms with E-state index in [-0.39, 0.29) is 22.1 Å². The SMILES string of the molecule is CCOc1ccccc1COC(=O)c1ccc(Cl)c(S(=O)(=O)N(CC)CC)c1. The van der Waals surface area contributed by atoms with Gasteiger partial charge in [-0.05, 0) is 31.2 Å². The Balaban J connectivity index is 2.24. The maximum Gasteiger partial charge on any atom is 0.338 e. The zero-order valence-electron chi connectivity index (χ0n) is 16.1. The van der Waals surface area contributed by atoms with Gasteiger partial charge >= 0.3 is 5.97 Å². The van der Waals surface area contributed by atoms with E-state index >= 15 is 0 Å². The molecule has 0 N–H and O–H groups in total. The first-order chi connectivity index (χ1) is 13.3. The second-order valence-electron chi connectivity index (χ2n) is 5.85. The van der Waals surface area contributed by atoms with Crippen molar-refractivity contribution in [2.45, 2.75) is 32.3 Å². The molecule has 2 aromatic rings. The Hall–Kier alpha value is -2.09. The number of esters is 1. The van der Waals surface area contributed by atoms with Crippen LogP contribution < -0.4 is 4.74 Å². The number of para-hydroxylation sites is 1. The fourth-order valence-corrected chi connectivity index (χ4v) is 4.64. The molecule has 0 heterocycles. The summed E-state index contributed by atoms with van der Waals surface area (Å²) in [5, 5.41) is 0.0603. The normalized spacial score (nSPS) is 11.5. The predicted octanol–water partition coefficient (Wildman–Crippen LogP) is 4.13. The first kappa shape index (κ1) is 22.2. The molecule has 0 saturated heterocycles. The summed E-state index contributed by atoms with van der Waals surface area (Å²) < 4.78 is 37.7. The molecular formula is C20H24ClNO5S. The Kier molecular flexibility index (Phi) is 7.86. The van der Waals surface area contributed by atoms with Gasteiger partial charge in [-0.1, -0.05) is 43.6 Å². The Morgan fingerprint density at radius 3 is 2.39 bits per heavy atom. The van der Waals surface area contributed by atoms with Crippen LogP contribution in [0.5, 0.6) is 5.75 Å². The first-order valence-corrected chi connectivity index (χ1v) is 10.8. The van der Waals surface area contributed by atoms with Crippen LogP contribution in [0.3, 0.4) is 0 Å². The standard InChI is InChI=1S/C20H24ClNO5S/c1-4-22(5-2)28(24,25)19-13-15(11-12-17(19)21)20(23)27-14-16-9-7-8-10-18(16)26-6-3/h7-13H,4-6,14H2,1-3H3. The number of nitrogens with zero attached hydrogens (tertiary/aromatic N) is 1. The average Bonchev–Trinajstić information content (AvgIpc) is 2.68. The van der Waals surface area contributed by atoms with Crippen molar-refractivity contribution in [3.63, 3.8) is 0 Å². The molecule has 0 saturated carbocycles. The van der Waals surface area contributed by atoms with Crippen LogP contribution in [-0.2, 0) is 21.4 Å². The highest BCUT2D eigenvalue weighted by molar-refractivity contribution is 7.89. The molecule has 6 nitrogen and oxygen atoms in total. The van der Waals surface area contributed by atoms with Crippen molar-refractivity contribution < 1.29 is 22.7 Å². The van der Waals surface area contributed by atoms with Crippen molar-refractivity contribution in [3.8, 4) is 5.75 Å². The quantitative estimate of drug-likeness (QED) is 0.565. The summed E-state index contributed by atoms with van der Waals surface area (Å²) >= 11 is 6.10. The van der Waals surface area contributed by atoms with E-state index in [1.165, 1.54) is 22.5 Å². The number of carbonyl (C=O) groups is 1. The number of hydrogen-bond acceptors (Lipinski definition) is 5. The lowest BCUT2D eigenvalue weighted by molar-refractivity contribution is 0.0469. The monoisotopic (exact) mass is 425 g/mol. The predicted molar refractivity (Wildman–Crippen MR) is 108 cm³/mol. The molecule has 8 heteroatoms. The summed E-state index contributed by atoms with van der Waals surface area (Å²) in [6.07, 6.45) is 0. The van der Waals surface area contributed by atoms with E-state index in [0.29, 0.717) is 25.4 Å². The van der Waals surface area contributed by atoms with Crippen molar-refractivity contribution in [2.75, 3.05) is 19.7 Å². The third kappa shape index (κ3) is 5.04. The summed E-state index contributed by atoms with van der Waals surface area (Å²) in [4.78, 5) is 12.4. The van der Waals surface area contributed by atoms with Crippen LogP contribution in [0.1, 0.15) is 36.7 Å². The van der Waals surface area contributed by atoms with E-state index in [1.807, 2.05) is 19.1 Å². The summed E-state index contributed by atoms with van der Waals surface area (Å²) in [6, 6.07) is 11.3. The van der Waals surface area contributed by atoms with Crippen LogP contribution in [-0.4, -0.2) is 38.4 Å². The molecule has 0 aliphatic heterocycles. The highest BCUT2D eigenvalue weighted by Crippen LogP contribution is 2.26. The van der Waals surface area contributed by atoms with Gasteiger partial charge in [0.15, 0.2) is 0 Å². The van der Waals surface area contributed by atoms with E-state index in [1.54, 1.807) is 26.0 Å². The minimum Gasteiger partial charge on any atom is -0.493 e. The van der Waals surface area contributed by atoms with Crippen molar-refractivity contribution in [2.24, 2.45) is 0 Å². The maximum absolute atomic E-state index is 12.8. The molecule has 0 aliphatic carbocycles. The molecule has 152 valence electrons. The van der Waals surface area contributed by atoms with E-state index in [4.69, 9.17) is 21.1 Å². The largest absolute Gasteiger partial charge is 0.493 e. The van der Waals surface area contributed by atoms with Crippen LogP contribution in [0, 0.1) is 0 Å². The Morgan fingerprint density at radius 1 is 1.07 bits per heavy atom. The Morgan fingerprint density at radius 2 is 1.75 bits per heavy atom. The fraction of sp³-hybridized carbons (Fsp3) is 0.350. The second kappa shape index (κ2) is 9.91. The highest BCUT2D eigenvalue weighted by atomic mass is 35.5. The second-order valence-corrected chi connectivity index (χ2v) is 8.16. The van der Waals surface area contributed by atoms with Gasteiger partial charge in [-0.25, -0.2) is 13.2 Å².